The molecule has 0 atom stereocenters. The highest BCUT2D eigenvalue weighted by Gasteiger charge is 2.26. The molecule has 118 valence electrons. The van der Waals surface area contributed by atoms with E-state index in [9.17, 15) is 9.59 Å². The van der Waals surface area contributed by atoms with Crippen molar-refractivity contribution >= 4 is 17.9 Å². The number of benzene rings is 1. The Bertz CT molecular complexity index is 751. The summed E-state index contributed by atoms with van der Waals surface area (Å²) in [7, 11) is 1.73. The zero-order chi connectivity index (χ0) is 16.2. The van der Waals surface area contributed by atoms with Crippen molar-refractivity contribution in [2.45, 2.75) is 13.1 Å². The van der Waals surface area contributed by atoms with Gasteiger partial charge in [-0.25, -0.2) is 0 Å². The molecule has 0 radical (unpaired) electrons. The van der Waals surface area contributed by atoms with E-state index in [2.05, 4.69) is 15.5 Å². The zero-order valence-electron chi connectivity index (χ0n) is 12.8. The van der Waals surface area contributed by atoms with Crippen molar-refractivity contribution in [2.24, 2.45) is 0 Å². The minimum absolute atomic E-state index is 0.148. The fraction of sp³-hybridized carbons (Fsp3) is 0.250. The maximum atomic E-state index is 11.9. The Morgan fingerprint density at radius 2 is 2.04 bits per heavy atom. The normalized spacial score (nSPS) is 14.1. The van der Waals surface area contributed by atoms with Gasteiger partial charge >= 0.3 is 0 Å². The van der Waals surface area contributed by atoms with Crippen molar-refractivity contribution in [3.8, 4) is 0 Å². The van der Waals surface area contributed by atoms with Crippen LogP contribution in [0, 0.1) is 0 Å². The predicted molar refractivity (Wildman–Crippen MR) is 84.3 cm³/mol. The van der Waals surface area contributed by atoms with Crippen molar-refractivity contribution in [1.82, 2.24) is 25.0 Å². The van der Waals surface area contributed by atoms with Crippen LogP contribution in [0.5, 0.6) is 0 Å². The molecule has 2 aromatic rings. The van der Waals surface area contributed by atoms with Crippen molar-refractivity contribution in [3.05, 3.63) is 53.6 Å². The molecule has 1 aromatic heterocycles. The highest BCUT2D eigenvalue weighted by atomic mass is 16.2. The Morgan fingerprint density at radius 3 is 2.83 bits per heavy atom. The Balaban J connectivity index is 1.61. The van der Waals surface area contributed by atoms with Gasteiger partial charge in [0, 0.05) is 26.2 Å². The minimum Gasteiger partial charge on any atom is -0.345 e. The van der Waals surface area contributed by atoms with Crippen LogP contribution in [0.3, 0.4) is 0 Å². The van der Waals surface area contributed by atoms with Crippen LogP contribution in [0.4, 0.5) is 0 Å². The first-order valence-corrected chi connectivity index (χ1v) is 7.33. The molecule has 7 heteroatoms. The number of hydrogen-bond acceptors (Lipinski definition) is 4. The monoisotopic (exact) mass is 311 g/mol. The lowest BCUT2D eigenvalue weighted by Gasteiger charge is -2.23. The van der Waals surface area contributed by atoms with Gasteiger partial charge in [-0.05, 0) is 11.6 Å². The average Bonchev–Trinajstić information content (AvgIpc) is 2.99. The second-order valence-corrected chi connectivity index (χ2v) is 5.28. The van der Waals surface area contributed by atoms with Crippen LogP contribution in [-0.2, 0) is 17.9 Å². The summed E-state index contributed by atoms with van der Waals surface area (Å²) in [5, 5.41) is 10.7. The van der Waals surface area contributed by atoms with Gasteiger partial charge in [0.2, 0.25) is 11.7 Å². The summed E-state index contributed by atoms with van der Waals surface area (Å²) in [6.07, 6.45) is 3.22. The number of rotatable bonds is 4. The summed E-state index contributed by atoms with van der Waals surface area (Å²) in [5.74, 6) is 0.543. The van der Waals surface area contributed by atoms with Crippen LogP contribution < -0.4 is 5.32 Å². The number of nitrogens with zero attached hydrogens (tertiary/aromatic N) is 4. The fourth-order valence-electron chi connectivity index (χ4n) is 2.34. The third-order valence-electron chi connectivity index (χ3n) is 3.67. The number of nitrogens with one attached hydrogen (secondary N) is 1. The smallest absolute Gasteiger partial charge is 0.291 e. The van der Waals surface area contributed by atoms with Crippen LogP contribution in [0.15, 0.2) is 36.4 Å². The Hall–Kier alpha value is -2.96. The topological polar surface area (TPSA) is 80.1 Å². The molecule has 0 saturated carbocycles. The summed E-state index contributed by atoms with van der Waals surface area (Å²) < 4.78 is 1.75. The van der Waals surface area contributed by atoms with Gasteiger partial charge in [-0.1, -0.05) is 30.3 Å². The highest BCUT2D eigenvalue weighted by Crippen LogP contribution is 2.10. The largest absolute Gasteiger partial charge is 0.345 e. The summed E-state index contributed by atoms with van der Waals surface area (Å²) in [4.78, 5) is 25.4. The van der Waals surface area contributed by atoms with E-state index >= 15 is 0 Å². The van der Waals surface area contributed by atoms with Gasteiger partial charge in [-0.3, -0.25) is 9.59 Å². The second-order valence-electron chi connectivity index (χ2n) is 5.28. The van der Waals surface area contributed by atoms with E-state index in [1.54, 1.807) is 22.6 Å². The van der Waals surface area contributed by atoms with E-state index in [0.717, 1.165) is 5.56 Å². The number of carbonyl (C=O) groups is 2. The van der Waals surface area contributed by atoms with Crippen LogP contribution >= 0.6 is 0 Å². The minimum atomic E-state index is -0.217. The SMILES string of the molecule is CN1CCn2c(CNC(=O)/C=C/c3ccccc3)nnc2C1=O. The van der Waals surface area contributed by atoms with Crippen molar-refractivity contribution in [2.75, 3.05) is 13.6 Å². The number of hydrogen-bond donors (Lipinski definition) is 1. The van der Waals surface area contributed by atoms with Gasteiger partial charge in [0.25, 0.3) is 5.91 Å². The molecule has 0 fully saturated rings. The van der Waals surface area contributed by atoms with E-state index in [-0.39, 0.29) is 18.4 Å². The molecule has 0 aliphatic carbocycles. The third kappa shape index (κ3) is 3.28. The Labute approximate surface area is 133 Å². The van der Waals surface area contributed by atoms with Crippen molar-refractivity contribution in [1.29, 1.82) is 0 Å². The predicted octanol–water partition coefficient (Wildman–Crippen LogP) is 0.693. The highest BCUT2D eigenvalue weighted by molar-refractivity contribution is 5.92. The molecule has 23 heavy (non-hydrogen) atoms. The Morgan fingerprint density at radius 1 is 1.26 bits per heavy atom. The molecule has 0 spiro atoms. The van der Waals surface area contributed by atoms with Crippen molar-refractivity contribution < 1.29 is 9.59 Å². The molecule has 1 aromatic carbocycles. The molecule has 0 bridgehead atoms. The van der Waals surface area contributed by atoms with E-state index in [1.807, 2.05) is 30.3 Å². The molecule has 0 unspecified atom stereocenters. The maximum absolute atomic E-state index is 11.9. The van der Waals surface area contributed by atoms with Gasteiger partial charge in [-0.15, -0.1) is 10.2 Å². The maximum Gasteiger partial charge on any atom is 0.291 e. The molecular formula is C16H17N5O2. The molecule has 3 rings (SSSR count). The van der Waals surface area contributed by atoms with E-state index in [4.69, 9.17) is 0 Å². The summed E-state index contributed by atoms with van der Waals surface area (Å²) in [6.45, 7) is 1.48. The number of likely N-dealkylation sites (N-methyl/N-ethyl adjacent to an activating group) is 1. The lowest BCUT2D eigenvalue weighted by molar-refractivity contribution is -0.116. The number of amides is 2. The molecule has 7 nitrogen and oxygen atoms in total. The summed E-state index contributed by atoms with van der Waals surface area (Å²) in [6, 6.07) is 9.58. The average molecular weight is 311 g/mol. The van der Waals surface area contributed by atoms with Crippen LogP contribution in [-0.4, -0.2) is 45.1 Å². The fourth-order valence-corrected chi connectivity index (χ4v) is 2.34. The Kier molecular flexibility index (Phi) is 4.18. The molecule has 0 saturated heterocycles. The first kappa shape index (κ1) is 15.0. The van der Waals surface area contributed by atoms with Crippen LogP contribution in [0.25, 0.3) is 6.08 Å². The molecule has 1 aliphatic rings. The third-order valence-corrected chi connectivity index (χ3v) is 3.67. The van der Waals surface area contributed by atoms with E-state index in [0.29, 0.717) is 24.7 Å². The van der Waals surface area contributed by atoms with Crippen LogP contribution in [0.1, 0.15) is 22.0 Å². The number of aromatic nitrogens is 3. The van der Waals surface area contributed by atoms with Gasteiger partial charge in [-0.2, -0.15) is 0 Å². The summed E-state index contributed by atoms with van der Waals surface area (Å²) >= 11 is 0. The van der Waals surface area contributed by atoms with Gasteiger partial charge < -0.3 is 14.8 Å². The molecule has 2 heterocycles. The molecule has 1 N–H and O–H groups in total. The van der Waals surface area contributed by atoms with Crippen molar-refractivity contribution in [3.63, 3.8) is 0 Å². The number of carbonyl (C=O) groups excluding carboxylic acids is 2. The number of fused-ring (bicyclic) bond motifs is 1. The second kappa shape index (κ2) is 6.43. The molecule has 2 amide bonds. The standard InChI is InChI=1S/C16H17N5O2/c1-20-9-10-21-13(18-19-15(21)16(20)23)11-17-14(22)8-7-12-5-3-2-4-6-12/h2-8H,9-11H2,1H3,(H,17,22)/b8-7+. The quantitative estimate of drug-likeness (QED) is 0.843. The van der Waals surface area contributed by atoms with Crippen LogP contribution in [0.2, 0.25) is 0 Å². The molecule has 1 aliphatic heterocycles. The first-order chi connectivity index (χ1) is 11.1. The first-order valence-electron chi connectivity index (χ1n) is 7.33. The van der Waals surface area contributed by atoms with Gasteiger partial charge in [0.1, 0.15) is 0 Å². The zero-order valence-corrected chi connectivity index (χ0v) is 12.8. The summed E-state index contributed by atoms with van der Waals surface area (Å²) in [5.41, 5.74) is 0.955. The van der Waals surface area contributed by atoms with Gasteiger partial charge in [0.05, 0.1) is 6.54 Å². The lowest BCUT2D eigenvalue weighted by Crippen LogP contribution is -2.38. The lowest BCUT2D eigenvalue weighted by atomic mass is 10.2. The molecular weight excluding hydrogens is 294 g/mol. The van der Waals surface area contributed by atoms with Gasteiger partial charge in [0.15, 0.2) is 5.82 Å². The van der Waals surface area contributed by atoms with E-state index in [1.165, 1.54) is 6.08 Å². The van der Waals surface area contributed by atoms with E-state index < -0.39 is 0 Å².